The number of rotatable bonds is 16. The van der Waals surface area contributed by atoms with Crippen molar-refractivity contribution >= 4 is 39.8 Å². The highest BCUT2D eigenvalue weighted by atomic mass is 32.1. The third-order valence-corrected chi connectivity index (χ3v) is 9.70. The van der Waals surface area contributed by atoms with Crippen molar-refractivity contribution in [3.63, 3.8) is 0 Å². The highest BCUT2D eigenvalue weighted by Gasteiger charge is 2.35. The summed E-state index contributed by atoms with van der Waals surface area (Å²) in [4.78, 5) is 45.4. The van der Waals surface area contributed by atoms with E-state index in [1.54, 1.807) is 20.2 Å². The molecule has 0 saturated heterocycles. The monoisotopic (exact) mass is 634 g/mol. The standard InChI is InChI=1S/C36H50N4O4S/c1-7-36(37,8-2)19-11-16-32(42)39(5)31(22-26-17-18-27-13-9-10-14-28(27)21-26)34(44)40(6)30(23-29-15-12-20-45-29)33(43)38-24-35(3,4)25-41/h9-18,20-21,30-31,41H,7-8,19,22-25,37H2,1-6H3,(H,38,43)/b16-11+/t30-,31-/m1/s1. The number of amides is 3. The lowest BCUT2D eigenvalue weighted by Gasteiger charge is -2.35. The van der Waals surface area contributed by atoms with E-state index < -0.39 is 17.5 Å². The molecule has 3 rings (SSSR count). The van der Waals surface area contributed by atoms with Crippen molar-refractivity contribution in [2.24, 2.45) is 11.1 Å². The Labute approximate surface area is 272 Å². The van der Waals surface area contributed by atoms with Gasteiger partial charge in [-0.3, -0.25) is 14.4 Å². The van der Waals surface area contributed by atoms with Crippen LogP contribution in [0.3, 0.4) is 0 Å². The summed E-state index contributed by atoms with van der Waals surface area (Å²) in [5.74, 6) is -0.945. The first-order valence-corrected chi connectivity index (χ1v) is 16.6. The van der Waals surface area contributed by atoms with E-state index in [1.807, 2.05) is 87.7 Å². The number of carbonyl (C=O) groups excluding carboxylic acids is 3. The molecular weight excluding hydrogens is 584 g/mol. The van der Waals surface area contributed by atoms with Gasteiger partial charge in [-0.1, -0.05) is 82.3 Å². The minimum atomic E-state index is -0.860. The zero-order valence-electron chi connectivity index (χ0n) is 27.6. The van der Waals surface area contributed by atoms with Crippen molar-refractivity contribution in [1.29, 1.82) is 0 Å². The molecule has 0 aliphatic rings. The average molecular weight is 635 g/mol. The van der Waals surface area contributed by atoms with Gasteiger partial charge in [0.15, 0.2) is 0 Å². The molecule has 1 heterocycles. The summed E-state index contributed by atoms with van der Waals surface area (Å²) in [6, 6.07) is 16.2. The number of aliphatic hydroxyl groups is 1. The van der Waals surface area contributed by atoms with Gasteiger partial charge in [0.2, 0.25) is 17.7 Å². The van der Waals surface area contributed by atoms with Gasteiger partial charge >= 0.3 is 0 Å². The Hall–Kier alpha value is -3.53. The molecule has 2 atom stereocenters. The third-order valence-electron chi connectivity index (χ3n) is 8.80. The van der Waals surface area contributed by atoms with Gasteiger partial charge in [-0.2, -0.15) is 0 Å². The number of likely N-dealkylation sites (N-methyl/N-ethyl adjacent to an activating group) is 2. The molecule has 45 heavy (non-hydrogen) atoms. The van der Waals surface area contributed by atoms with Crippen molar-refractivity contribution in [2.45, 2.75) is 77.4 Å². The van der Waals surface area contributed by atoms with Gasteiger partial charge in [0.25, 0.3) is 0 Å². The number of carbonyl (C=O) groups is 3. The van der Waals surface area contributed by atoms with E-state index in [9.17, 15) is 19.5 Å². The van der Waals surface area contributed by atoms with Crippen molar-refractivity contribution in [1.82, 2.24) is 15.1 Å². The van der Waals surface area contributed by atoms with Crippen LogP contribution < -0.4 is 11.1 Å². The maximum Gasteiger partial charge on any atom is 0.246 e. The molecule has 0 bridgehead atoms. The van der Waals surface area contributed by atoms with Crippen LogP contribution in [0.25, 0.3) is 10.8 Å². The minimum Gasteiger partial charge on any atom is -0.396 e. The van der Waals surface area contributed by atoms with Gasteiger partial charge in [0.05, 0.1) is 0 Å². The number of aliphatic hydroxyl groups excluding tert-OH is 1. The number of nitrogens with one attached hydrogen (secondary N) is 1. The lowest BCUT2D eigenvalue weighted by molar-refractivity contribution is -0.146. The lowest BCUT2D eigenvalue weighted by Crippen LogP contribution is -2.56. The summed E-state index contributed by atoms with van der Waals surface area (Å²) in [7, 11) is 3.27. The molecule has 244 valence electrons. The van der Waals surface area contributed by atoms with Gasteiger partial charge in [0, 0.05) is 55.9 Å². The fraction of sp³-hybridized carbons (Fsp3) is 0.472. The molecule has 0 aliphatic heterocycles. The van der Waals surface area contributed by atoms with Crippen LogP contribution in [-0.2, 0) is 27.2 Å². The molecule has 0 radical (unpaired) electrons. The van der Waals surface area contributed by atoms with E-state index in [2.05, 4.69) is 5.32 Å². The first kappa shape index (κ1) is 35.9. The van der Waals surface area contributed by atoms with Gasteiger partial charge in [0.1, 0.15) is 12.1 Å². The van der Waals surface area contributed by atoms with Crippen molar-refractivity contribution in [3.05, 3.63) is 82.6 Å². The number of hydrogen-bond donors (Lipinski definition) is 3. The summed E-state index contributed by atoms with van der Waals surface area (Å²) in [6.07, 6.45) is 6.03. The Morgan fingerprint density at radius 3 is 2.27 bits per heavy atom. The van der Waals surface area contributed by atoms with Crippen LogP contribution in [-0.4, -0.2) is 77.5 Å². The van der Waals surface area contributed by atoms with Crippen LogP contribution in [0.5, 0.6) is 0 Å². The second-order valence-corrected chi connectivity index (χ2v) is 13.8. The second kappa shape index (κ2) is 16.2. The van der Waals surface area contributed by atoms with E-state index in [0.717, 1.165) is 34.1 Å². The molecule has 0 fully saturated rings. The van der Waals surface area contributed by atoms with E-state index in [4.69, 9.17) is 5.73 Å². The first-order chi connectivity index (χ1) is 21.3. The summed E-state index contributed by atoms with van der Waals surface area (Å²) in [5, 5.41) is 16.7. The maximum absolute atomic E-state index is 14.4. The molecular formula is C36H50N4O4S. The van der Waals surface area contributed by atoms with Crippen molar-refractivity contribution in [3.8, 4) is 0 Å². The molecule has 3 amide bonds. The summed E-state index contributed by atoms with van der Waals surface area (Å²) >= 11 is 1.52. The van der Waals surface area contributed by atoms with Crippen LogP contribution in [0.15, 0.2) is 72.1 Å². The quantitative estimate of drug-likeness (QED) is 0.193. The molecule has 2 aromatic carbocycles. The van der Waals surface area contributed by atoms with Crippen LogP contribution in [0.2, 0.25) is 0 Å². The Kier molecular flexibility index (Phi) is 12.9. The van der Waals surface area contributed by atoms with E-state index in [1.165, 1.54) is 27.2 Å². The smallest absolute Gasteiger partial charge is 0.246 e. The van der Waals surface area contributed by atoms with E-state index in [-0.39, 0.29) is 42.8 Å². The zero-order valence-corrected chi connectivity index (χ0v) is 28.4. The lowest BCUT2D eigenvalue weighted by atomic mass is 9.90. The summed E-state index contributed by atoms with van der Waals surface area (Å²) in [6.45, 7) is 7.96. The van der Waals surface area contributed by atoms with Crippen LogP contribution >= 0.6 is 11.3 Å². The largest absolute Gasteiger partial charge is 0.396 e. The normalized spacial score (nSPS) is 13.5. The van der Waals surface area contributed by atoms with Gasteiger partial charge in [-0.25, -0.2) is 0 Å². The summed E-state index contributed by atoms with van der Waals surface area (Å²) in [5.41, 5.74) is 6.45. The van der Waals surface area contributed by atoms with Crippen molar-refractivity contribution < 1.29 is 19.5 Å². The molecule has 0 spiro atoms. The van der Waals surface area contributed by atoms with Crippen LogP contribution in [0, 0.1) is 5.41 Å². The fourth-order valence-corrected chi connectivity index (χ4v) is 5.84. The number of fused-ring (bicyclic) bond motifs is 1. The summed E-state index contributed by atoms with van der Waals surface area (Å²) < 4.78 is 0. The highest BCUT2D eigenvalue weighted by molar-refractivity contribution is 7.09. The highest BCUT2D eigenvalue weighted by Crippen LogP contribution is 2.22. The maximum atomic E-state index is 14.4. The van der Waals surface area contributed by atoms with Gasteiger partial charge < -0.3 is 26.0 Å². The van der Waals surface area contributed by atoms with Crippen LogP contribution in [0.4, 0.5) is 0 Å². The predicted molar refractivity (Wildman–Crippen MR) is 184 cm³/mol. The Morgan fingerprint density at radius 1 is 0.956 bits per heavy atom. The molecule has 0 saturated carbocycles. The first-order valence-electron chi connectivity index (χ1n) is 15.7. The van der Waals surface area contributed by atoms with Gasteiger partial charge in [-0.05, 0) is 53.1 Å². The third kappa shape index (κ3) is 9.98. The Bertz CT molecular complexity index is 1450. The Balaban J connectivity index is 1.94. The molecule has 4 N–H and O–H groups in total. The average Bonchev–Trinajstić information content (AvgIpc) is 3.57. The fourth-order valence-electron chi connectivity index (χ4n) is 5.10. The predicted octanol–water partition coefficient (Wildman–Crippen LogP) is 4.94. The number of benzene rings is 2. The minimum absolute atomic E-state index is 0.0896. The molecule has 0 unspecified atom stereocenters. The SMILES string of the molecule is CCC(N)(CC)C/C=C/C(=O)N(C)[C@H](Cc1ccc2ccccc2c1)C(=O)N(C)[C@H](Cc1cccs1)C(=O)NCC(C)(C)CO. The molecule has 1 aromatic heterocycles. The van der Waals surface area contributed by atoms with Crippen molar-refractivity contribution in [2.75, 3.05) is 27.2 Å². The Morgan fingerprint density at radius 2 is 1.64 bits per heavy atom. The van der Waals surface area contributed by atoms with E-state index in [0.29, 0.717) is 12.8 Å². The number of nitrogens with two attached hydrogens (primary N) is 1. The van der Waals surface area contributed by atoms with Crippen LogP contribution in [0.1, 0.15) is 57.4 Å². The van der Waals surface area contributed by atoms with Gasteiger partial charge in [-0.15, -0.1) is 11.3 Å². The number of hydrogen-bond acceptors (Lipinski definition) is 6. The van der Waals surface area contributed by atoms with E-state index >= 15 is 0 Å². The number of thiophene rings is 1. The topological polar surface area (TPSA) is 116 Å². The second-order valence-electron chi connectivity index (χ2n) is 12.8. The number of nitrogens with zero attached hydrogens (tertiary/aromatic N) is 2. The molecule has 9 heteroatoms. The molecule has 3 aromatic rings. The molecule has 0 aliphatic carbocycles. The molecule has 8 nitrogen and oxygen atoms in total. The zero-order chi connectivity index (χ0) is 33.2.